The van der Waals surface area contributed by atoms with Crippen LogP contribution < -0.4 is 4.74 Å². The van der Waals surface area contributed by atoms with Gasteiger partial charge in [-0.1, -0.05) is 41.9 Å². The quantitative estimate of drug-likeness (QED) is 0.464. The van der Waals surface area contributed by atoms with Crippen molar-refractivity contribution in [3.63, 3.8) is 0 Å². The molecule has 33 heavy (non-hydrogen) atoms. The molecule has 1 amide bonds. The van der Waals surface area contributed by atoms with Crippen molar-refractivity contribution in [2.75, 3.05) is 39.3 Å². The SMILES string of the molecule is N#CCCn1cc(/C=C/C(=O)N2CCN(CCOc3ccccc3Cl)CC2)c2ccccc21. The van der Waals surface area contributed by atoms with Crippen LogP contribution in [0.15, 0.2) is 60.8 Å². The van der Waals surface area contributed by atoms with Crippen molar-refractivity contribution in [2.24, 2.45) is 0 Å². The van der Waals surface area contributed by atoms with E-state index >= 15 is 0 Å². The minimum absolute atomic E-state index is 0.0239. The molecule has 0 radical (unpaired) electrons. The predicted octanol–water partition coefficient (Wildman–Crippen LogP) is 4.44. The standard InChI is InChI=1S/C26H27ClN4O2/c27-23-7-2-4-9-25(23)33-19-18-29-14-16-30(17-15-29)26(32)11-10-21-20-31(13-5-12-28)24-8-3-1-6-22(21)24/h1-4,6-11,20H,5,13-19H2/b11-10+. The highest BCUT2D eigenvalue weighted by molar-refractivity contribution is 6.32. The lowest BCUT2D eigenvalue weighted by molar-refractivity contribution is -0.127. The number of carbonyl (C=O) groups is 1. The Hall–Kier alpha value is -3.27. The second-order valence-corrected chi connectivity index (χ2v) is 8.39. The second-order valence-electron chi connectivity index (χ2n) is 7.98. The molecule has 1 aromatic heterocycles. The molecule has 0 spiro atoms. The van der Waals surface area contributed by atoms with Crippen LogP contribution in [0.25, 0.3) is 17.0 Å². The molecular weight excluding hydrogens is 436 g/mol. The zero-order valence-corrected chi connectivity index (χ0v) is 19.2. The molecule has 2 heterocycles. The first-order chi connectivity index (χ1) is 16.2. The molecule has 6 nitrogen and oxygen atoms in total. The second kappa shape index (κ2) is 11.0. The van der Waals surface area contributed by atoms with Crippen LogP contribution in [0.2, 0.25) is 5.02 Å². The first kappa shape index (κ1) is 22.9. The van der Waals surface area contributed by atoms with E-state index in [-0.39, 0.29) is 5.91 Å². The molecule has 1 aliphatic heterocycles. The van der Waals surface area contributed by atoms with Crippen LogP contribution in [0.5, 0.6) is 5.75 Å². The van der Waals surface area contributed by atoms with Crippen molar-refractivity contribution in [3.8, 4) is 11.8 Å². The fourth-order valence-corrected chi connectivity index (χ4v) is 4.26. The van der Waals surface area contributed by atoms with E-state index in [0.717, 1.165) is 36.1 Å². The molecule has 0 atom stereocenters. The number of nitriles is 1. The number of benzene rings is 2. The van der Waals surface area contributed by atoms with Crippen molar-refractivity contribution in [3.05, 3.63) is 71.4 Å². The summed E-state index contributed by atoms with van der Waals surface area (Å²) in [6.07, 6.45) is 6.01. The number of hydrogen-bond acceptors (Lipinski definition) is 4. The van der Waals surface area contributed by atoms with Crippen molar-refractivity contribution in [2.45, 2.75) is 13.0 Å². The summed E-state index contributed by atoms with van der Waals surface area (Å²) in [6.45, 7) is 5.02. The molecule has 0 aliphatic carbocycles. The highest BCUT2D eigenvalue weighted by atomic mass is 35.5. The summed E-state index contributed by atoms with van der Waals surface area (Å²) in [7, 11) is 0. The molecule has 4 rings (SSSR count). The Morgan fingerprint density at radius 2 is 1.82 bits per heavy atom. The lowest BCUT2D eigenvalue weighted by atomic mass is 10.1. The van der Waals surface area contributed by atoms with Gasteiger partial charge in [0.25, 0.3) is 0 Å². The van der Waals surface area contributed by atoms with E-state index in [4.69, 9.17) is 21.6 Å². The number of aromatic nitrogens is 1. The van der Waals surface area contributed by atoms with Gasteiger partial charge in [0, 0.05) is 68.0 Å². The maximum atomic E-state index is 12.8. The van der Waals surface area contributed by atoms with Gasteiger partial charge in [-0.05, 0) is 24.3 Å². The number of ether oxygens (including phenoxy) is 1. The zero-order valence-electron chi connectivity index (χ0n) is 18.5. The minimum Gasteiger partial charge on any atom is -0.491 e. The third kappa shape index (κ3) is 5.75. The highest BCUT2D eigenvalue weighted by Gasteiger charge is 2.19. The summed E-state index contributed by atoms with van der Waals surface area (Å²) < 4.78 is 7.85. The summed E-state index contributed by atoms with van der Waals surface area (Å²) in [4.78, 5) is 16.9. The van der Waals surface area contributed by atoms with Gasteiger partial charge in [-0.25, -0.2) is 0 Å². The fraction of sp³-hybridized carbons (Fsp3) is 0.308. The molecule has 3 aromatic rings. The number of hydrogen-bond donors (Lipinski definition) is 0. The van der Waals surface area contributed by atoms with Crippen molar-refractivity contribution in [1.82, 2.24) is 14.4 Å². The fourth-order valence-electron chi connectivity index (χ4n) is 4.07. The van der Waals surface area contributed by atoms with Crippen LogP contribution in [-0.2, 0) is 11.3 Å². The smallest absolute Gasteiger partial charge is 0.246 e. The Labute approximate surface area is 199 Å². The van der Waals surface area contributed by atoms with Gasteiger partial charge in [-0.3, -0.25) is 9.69 Å². The molecule has 1 saturated heterocycles. The number of aryl methyl sites for hydroxylation is 1. The molecule has 0 bridgehead atoms. The number of piperazine rings is 1. The van der Waals surface area contributed by atoms with Crippen LogP contribution in [-0.4, -0.2) is 59.6 Å². The summed E-state index contributed by atoms with van der Waals surface area (Å²) in [5, 5.41) is 10.6. The molecule has 1 aliphatic rings. The van der Waals surface area contributed by atoms with Crippen LogP contribution in [0, 0.1) is 11.3 Å². The van der Waals surface area contributed by atoms with E-state index in [1.54, 1.807) is 6.08 Å². The first-order valence-corrected chi connectivity index (χ1v) is 11.5. The Bertz CT molecular complexity index is 1170. The summed E-state index contributed by atoms with van der Waals surface area (Å²) in [5.74, 6) is 0.725. The molecule has 0 N–H and O–H groups in total. The van der Waals surface area contributed by atoms with Crippen LogP contribution in [0.1, 0.15) is 12.0 Å². The lowest BCUT2D eigenvalue weighted by Crippen LogP contribution is -2.49. The van der Waals surface area contributed by atoms with E-state index in [9.17, 15) is 4.79 Å². The van der Waals surface area contributed by atoms with E-state index in [0.29, 0.717) is 43.4 Å². The number of para-hydroxylation sites is 2. The van der Waals surface area contributed by atoms with Gasteiger partial charge < -0.3 is 14.2 Å². The predicted molar refractivity (Wildman–Crippen MR) is 131 cm³/mol. The molecule has 170 valence electrons. The summed E-state index contributed by atoms with van der Waals surface area (Å²) in [6, 6.07) is 17.7. The average Bonchev–Trinajstić information content (AvgIpc) is 3.20. The zero-order chi connectivity index (χ0) is 23.0. The lowest BCUT2D eigenvalue weighted by Gasteiger charge is -2.34. The highest BCUT2D eigenvalue weighted by Crippen LogP contribution is 2.24. The summed E-state index contributed by atoms with van der Waals surface area (Å²) in [5.41, 5.74) is 2.07. The normalized spacial score (nSPS) is 14.6. The van der Waals surface area contributed by atoms with Gasteiger partial charge in [0.15, 0.2) is 0 Å². The van der Waals surface area contributed by atoms with E-state index in [1.165, 1.54) is 0 Å². The van der Waals surface area contributed by atoms with Crippen LogP contribution >= 0.6 is 11.6 Å². The van der Waals surface area contributed by atoms with Gasteiger partial charge >= 0.3 is 0 Å². The van der Waals surface area contributed by atoms with Gasteiger partial charge in [0.1, 0.15) is 12.4 Å². The molecule has 0 saturated carbocycles. The molecule has 1 fully saturated rings. The van der Waals surface area contributed by atoms with Gasteiger partial charge in [0.2, 0.25) is 5.91 Å². The molecule has 0 unspecified atom stereocenters. The number of rotatable bonds is 8. The van der Waals surface area contributed by atoms with E-state index < -0.39 is 0 Å². The largest absolute Gasteiger partial charge is 0.491 e. The maximum absolute atomic E-state index is 12.8. The Balaban J connectivity index is 1.29. The Morgan fingerprint density at radius 1 is 1.06 bits per heavy atom. The van der Waals surface area contributed by atoms with Gasteiger partial charge in [-0.2, -0.15) is 5.26 Å². The molecular formula is C26H27ClN4O2. The topological polar surface area (TPSA) is 61.5 Å². The van der Waals surface area contributed by atoms with Crippen LogP contribution in [0.4, 0.5) is 0 Å². The van der Waals surface area contributed by atoms with E-state index in [2.05, 4.69) is 15.5 Å². The van der Waals surface area contributed by atoms with Gasteiger partial charge in [-0.15, -0.1) is 0 Å². The minimum atomic E-state index is 0.0239. The monoisotopic (exact) mass is 462 g/mol. The van der Waals surface area contributed by atoms with Gasteiger partial charge in [0.05, 0.1) is 17.5 Å². The number of nitrogens with zero attached hydrogens (tertiary/aromatic N) is 4. The first-order valence-electron chi connectivity index (χ1n) is 11.2. The Kier molecular flexibility index (Phi) is 7.66. The number of fused-ring (bicyclic) bond motifs is 1. The average molecular weight is 463 g/mol. The Morgan fingerprint density at radius 3 is 2.61 bits per heavy atom. The van der Waals surface area contributed by atoms with E-state index in [1.807, 2.05) is 65.7 Å². The third-order valence-electron chi connectivity index (χ3n) is 5.88. The molecule has 2 aromatic carbocycles. The molecule has 7 heteroatoms. The summed E-state index contributed by atoms with van der Waals surface area (Å²) >= 11 is 6.13. The van der Waals surface area contributed by atoms with Crippen molar-refractivity contribution >= 4 is 34.5 Å². The number of amides is 1. The maximum Gasteiger partial charge on any atom is 0.246 e. The van der Waals surface area contributed by atoms with Crippen molar-refractivity contribution in [1.29, 1.82) is 5.26 Å². The number of halogens is 1. The van der Waals surface area contributed by atoms with Crippen molar-refractivity contribution < 1.29 is 9.53 Å². The third-order valence-corrected chi connectivity index (χ3v) is 6.19. The number of carbonyl (C=O) groups excluding carboxylic acids is 1. The van der Waals surface area contributed by atoms with Crippen LogP contribution in [0.3, 0.4) is 0 Å².